The Morgan fingerprint density at radius 2 is 2.17 bits per heavy atom. The number of aliphatic hydroxyl groups excluding tert-OH is 1. The van der Waals surface area contributed by atoms with Gasteiger partial charge in [-0.15, -0.1) is 0 Å². The molecular formula is C12H18FN3O2. The van der Waals surface area contributed by atoms with Crippen LogP contribution < -0.4 is 10.6 Å². The van der Waals surface area contributed by atoms with Crippen LogP contribution >= 0.6 is 0 Å². The van der Waals surface area contributed by atoms with E-state index in [1.54, 1.807) is 6.07 Å². The van der Waals surface area contributed by atoms with Crippen LogP contribution in [-0.2, 0) is 0 Å². The van der Waals surface area contributed by atoms with Crippen molar-refractivity contribution in [1.82, 2.24) is 0 Å². The van der Waals surface area contributed by atoms with Crippen LogP contribution in [0.5, 0.6) is 0 Å². The molecule has 1 aromatic rings. The highest BCUT2D eigenvalue weighted by molar-refractivity contribution is 6.02. The Morgan fingerprint density at radius 3 is 2.72 bits per heavy atom. The van der Waals surface area contributed by atoms with E-state index in [1.165, 1.54) is 12.1 Å². The summed E-state index contributed by atoms with van der Waals surface area (Å²) in [4.78, 5) is 1.87. The van der Waals surface area contributed by atoms with Crippen LogP contribution in [0.15, 0.2) is 23.4 Å². The fourth-order valence-corrected chi connectivity index (χ4v) is 1.79. The van der Waals surface area contributed by atoms with E-state index in [-0.39, 0.29) is 12.4 Å². The maximum atomic E-state index is 13.2. The average molecular weight is 255 g/mol. The molecule has 1 aromatic carbocycles. The Hall–Kier alpha value is -1.82. The lowest BCUT2D eigenvalue weighted by molar-refractivity contribution is 0.302. The van der Waals surface area contributed by atoms with E-state index in [1.807, 2.05) is 11.8 Å². The molecule has 0 saturated carbocycles. The molecule has 6 heteroatoms. The molecule has 0 aliphatic heterocycles. The number of rotatable bonds is 6. The van der Waals surface area contributed by atoms with Crippen LogP contribution in [-0.4, -0.2) is 35.8 Å². The van der Waals surface area contributed by atoms with Gasteiger partial charge >= 0.3 is 0 Å². The summed E-state index contributed by atoms with van der Waals surface area (Å²) in [5, 5.41) is 20.7. The van der Waals surface area contributed by atoms with Gasteiger partial charge in [0.1, 0.15) is 5.82 Å². The molecule has 4 N–H and O–H groups in total. The van der Waals surface area contributed by atoms with Gasteiger partial charge in [-0.05, 0) is 24.6 Å². The predicted octanol–water partition coefficient (Wildman–Crippen LogP) is 1.13. The molecule has 0 heterocycles. The van der Waals surface area contributed by atoms with Gasteiger partial charge in [0.15, 0.2) is 5.84 Å². The Labute approximate surface area is 105 Å². The summed E-state index contributed by atoms with van der Waals surface area (Å²) in [6.45, 7) is 3.08. The first-order valence-electron chi connectivity index (χ1n) is 5.77. The van der Waals surface area contributed by atoms with Crippen molar-refractivity contribution in [2.24, 2.45) is 10.9 Å². The summed E-state index contributed by atoms with van der Waals surface area (Å²) < 4.78 is 13.2. The Balaban J connectivity index is 3.19. The lowest BCUT2D eigenvalue weighted by Crippen LogP contribution is -2.30. The molecule has 5 nitrogen and oxygen atoms in total. The van der Waals surface area contributed by atoms with Gasteiger partial charge in [0.05, 0.1) is 6.61 Å². The largest absolute Gasteiger partial charge is 0.409 e. The molecule has 0 radical (unpaired) electrons. The van der Waals surface area contributed by atoms with Gasteiger partial charge < -0.3 is 20.9 Å². The normalized spacial score (nSPS) is 11.6. The van der Waals surface area contributed by atoms with Crippen molar-refractivity contribution < 1.29 is 14.7 Å². The minimum absolute atomic E-state index is 0.0208. The van der Waals surface area contributed by atoms with E-state index in [0.717, 1.165) is 6.42 Å². The molecule has 0 aromatic heterocycles. The summed E-state index contributed by atoms with van der Waals surface area (Å²) in [5.41, 5.74) is 6.50. The van der Waals surface area contributed by atoms with Gasteiger partial charge in [-0.3, -0.25) is 0 Å². The quantitative estimate of drug-likeness (QED) is 0.308. The third-order valence-electron chi connectivity index (χ3n) is 2.55. The smallest absolute Gasteiger partial charge is 0.172 e. The van der Waals surface area contributed by atoms with Crippen LogP contribution in [0.4, 0.5) is 10.1 Å². The zero-order chi connectivity index (χ0) is 13.5. The van der Waals surface area contributed by atoms with Crippen molar-refractivity contribution in [3.63, 3.8) is 0 Å². The van der Waals surface area contributed by atoms with Gasteiger partial charge in [-0.2, -0.15) is 0 Å². The minimum atomic E-state index is -0.458. The van der Waals surface area contributed by atoms with Gasteiger partial charge in [-0.1, -0.05) is 12.1 Å². The molecular weight excluding hydrogens is 237 g/mol. The predicted molar refractivity (Wildman–Crippen MR) is 68.5 cm³/mol. The standard InChI is InChI=1S/C12H18FN3O2/c1-2-5-16(6-7-17)11-4-3-9(13)8-10(11)12(14)15-18/h3-4,8,17-18H,2,5-7H2,1H3,(H2,14,15). The SMILES string of the molecule is CCCN(CCO)c1ccc(F)cc1C(N)=NO. The number of halogens is 1. The number of amidine groups is 1. The summed E-state index contributed by atoms with van der Waals surface area (Å²) in [6, 6.07) is 4.09. The molecule has 0 saturated heterocycles. The molecule has 0 unspecified atom stereocenters. The lowest BCUT2D eigenvalue weighted by atomic mass is 10.1. The first kappa shape index (κ1) is 14.2. The highest BCUT2D eigenvalue weighted by atomic mass is 19.1. The van der Waals surface area contributed by atoms with E-state index in [0.29, 0.717) is 24.3 Å². The van der Waals surface area contributed by atoms with Crippen molar-refractivity contribution in [2.45, 2.75) is 13.3 Å². The number of nitrogens with two attached hydrogens (primary N) is 1. The summed E-state index contributed by atoms with van der Waals surface area (Å²) in [7, 11) is 0. The monoisotopic (exact) mass is 255 g/mol. The van der Waals surface area contributed by atoms with Gasteiger partial charge in [-0.25, -0.2) is 4.39 Å². The van der Waals surface area contributed by atoms with Crippen LogP contribution in [0.3, 0.4) is 0 Å². The van der Waals surface area contributed by atoms with E-state index in [2.05, 4.69) is 5.16 Å². The molecule has 0 aliphatic rings. The third-order valence-corrected chi connectivity index (χ3v) is 2.55. The van der Waals surface area contributed by atoms with Gasteiger partial charge in [0.2, 0.25) is 0 Å². The average Bonchev–Trinajstić information content (AvgIpc) is 2.37. The fourth-order valence-electron chi connectivity index (χ4n) is 1.79. The second-order valence-electron chi connectivity index (χ2n) is 3.86. The first-order valence-corrected chi connectivity index (χ1v) is 5.77. The van der Waals surface area contributed by atoms with Crippen LogP contribution in [0.2, 0.25) is 0 Å². The molecule has 1 rings (SSSR count). The van der Waals surface area contributed by atoms with E-state index in [4.69, 9.17) is 16.0 Å². The van der Waals surface area contributed by atoms with Crippen molar-refractivity contribution in [2.75, 3.05) is 24.6 Å². The number of anilines is 1. The van der Waals surface area contributed by atoms with E-state index < -0.39 is 5.82 Å². The lowest BCUT2D eigenvalue weighted by Gasteiger charge is -2.25. The summed E-state index contributed by atoms with van der Waals surface area (Å²) in [5.74, 6) is -0.607. The molecule has 100 valence electrons. The number of nitrogens with zero attached hydrogens (tertiary/aromatic N) is 2. The molecule has 0 fully saturated rings. The van der Waals surface area contributed by atoms with Crippen molar-refractivity contribution in [3.05, 3.63) is 29.6 Å². The maximum absolute atomic E-state index is 13.2. The number of oxime groups is 1. The highest BCUT2D eigenvalue weighted by Gasteiger charge is 2.14. The topological polar surface area (TPSA) is 82.1 Å². The molecule has 0 bridgehead atoms. The van der Waals surface area contributed by atoms with E-state index in [9.17, 15) is 4.39 Å². The maximum Gasteiger partial charge on any atom is 0.172 e. The molecule has 0 amide bonds. The first-order chi connectivity index (χ1) is 8.63. The summed E-state index contributed by atoms with van der Waals surface area (Å²) >= 11 is 0. The van der Waals surface area contributed by atoms with Crippen LogP contribution in [0.1, 0.15) is 18.9 Å². The second-order valence-corrected chi connectivity index (χ2v) is 3.86. The second kappa shape index (κ2) is 6.80. The van der Waals surface area contributed by atoms with Gasteiger partial charge in [0.25, 0.3) is 0 Å². The fraction of sp³-hybridized carbons (Fsp3) is 0.417. The minimum Gasteiger partial charge on any atom is -0.409 e. The Morgan fingerprint density at radius 1 is 1.44 bits per heavy atom. The molecule has 0 aliphatic carbocycles. The Bertz CT molecular complexity index is 418. The summed E-state index contributed by atoms with van der Waals surface area (Å²) in [6.07, 6.45) is 0.868. The number of benzene rings is 1. The van der Waals surface area contributed by atoms with Crippen LogP contribution in [0, 0.1) is 5.82 Å². The number of hydrogen-bond donors (Lipinski definition) is 3. The zero-order valence-corrected chi connectivity index (χ0v) is 10.3. The van der Waals surface area contributed by atoms with Gasteiger partial charge in [0, 0.05) is 24.3 Å². The number of aliphatic hydroxyl groups is 1. The Kier molecular flexibility index (Phi) is 5.38. The molecule has 0 atom stereocenters. The molecule has 18 heavy (non-hydrogen) atoms. The highest BCUT2D eigenvalue weighted by Crippen LogP contribution is 2.21. The zero-order valence-electron chi connectivity index (χ0n) is 10.3. The number of hydrogen-bond acceptors (Lipinski definition) is 4. The van der Waals surface area contributed by atoms with Crippen molar-refractivity contribution in [1.29, 1.82) is 0 Å². The van der Waals surface area contributed by atoms with E-state index >= 15 is 0 Å². The molecule has 0 spiro atoms. The van der Waals surface area contributed by atoms with Crippen molar-refractivity contribution in [3.8, 4) is 0 Å². The third kappa shape index (κ3) is 3.33. The van der Waals surface area contributed by atoms with Crippen LogP contribution in [0.25, 0.3) is 0 Å². The van der Waals surface area contributed by atoms with Crippen molar-refractivity contribution >= 4 is 11.5 Å².